The monoisotopic (exact) mass is 517 g/mol. The summed E-state index contributed by atoms with van der Waals surface area (Å²) in [5, 5.41) is 7.25. The lowest BCUT2D eigenvalue weighted by Gasteiger charge is -2.33. The van der Waals surface area contributed by atoms with Crippen LogP contribution in [0.5, 0.6) is 0 Å². The number of likely N-dealkylation sites (tertiary alicyclic amines) is 1. The zero-order valence-electron chi connectivity index (χ0n) is 18.7. The molecule has 29 heavy (non-hydrogen) atoms. The minimum absolute atomic E-state index is 0. The largest absolute Gasteiger partial charge is 0.444 e. The number of guanidine groups is 1. The molecule has 0 spiro atoms. The Morgan fingerprint density at radius 2 is 1.93 bits per heavy atom. The first-order valence-corrected chi connectivity index (χ1v) is 11.2. The number of nitrogens with zero attached hydrogens (tertiary/aromatic N) is 3. The summed E-state index contributed by atoms with van der Waals surface area (Å²) in [6.07, 6.45) is 9.02. The van der Waals surface area contributed by atoms with Gasteiger partial charge in [-0.2, -0.15) is 0 Å². The molecule has 1 aromatic rings. The molecule has 6 nitrogen and oxygen atoms in total. The van der Waals surface area contributed by atoms with Gasteiger partial charge in [0.15, 0.2) is 5.96 Å². The number of halogens is 1. The van der Waals surface area contributed by atoms with E-state index in [-0.39, 0.29) is 24.0 Å². The number of piperidine rings is 1. The van der Waals surface area contributed by atoms with Crippen LogP contribution in [0.3, 0.4) is 0 Å². The van der Waals surface area contributed by atoms with Gasteiger partial charge >= 0.3 is 0 Å². The van der Waals surface area contributed by atoms with Gasteiger partial charge in [0.2, 0.25) is 5.89 Å². The first-order valence-electron chi connectivity index (χ1n) is 11.2. The molecule has 1 saturated carbocycles. The second-order valence-corrected chi connectivity index (χ2v) is 8.70. The molecule has 0 radical (unpaired) electrons. The van der Waals surface area contributed by atoms with Crippen molar-refractivity contribution >= 4 is 29.9 Å². The summed E-state index contributed by atoms with van der Waals surface area (Å²) in [7, 11) is 1.89. The predicted octanol–water partition coefficient (Wildman–Crippen LogP) is 4.26. The van der Waals surface area contributed by atoms with E-state index >= 15 is 0 Å². The standard InChI is InChI=1S/C22H39N5O.HI/c1-5-18-7-6-8-20(13-18)26-22(23-4)24-14-19-9-11-27(12-10-19)15-21-25-16(2)17(3)28-21;/h18-20H,5-15H2,1-4H3,(H2,23,24,26);1H. The van der Waals surface area contributed by atoms with Crippen LogP contribution in [0.25, 0.3) is 0 Å². The number of hydrogen-bond acceptors (Lipinski definition) is 4. The molecule has 1 aliphatic heterocycles. The van der Waals surface area contributed by atoms with Crippen LogP contribution in [0.1, 0.15) is 69.2 Å². The first kappa shape index (κ1) is 24.4. The Morgan fingerprint density at radius 1 is 1.17 bits per heavy atom. The number of hydrogen-bond donors (Lipinski definition) is 2. The highest BCUT2D eigenvalue weighted by molar-refractivity contribution is 14.0. The van der Waals surface area contributed by atoms with Crippen molar-refractivity contribution in [3.8, 4) is 0 Å². The Bertz CT molecular complexity index is 620. The van der Waals surface area contributed by atoms with Crippen molar-refractivity contribution in [3.63, 3.8) is 0 Å². The highest BCUT2D eigenvalue weighted by Gasteiger charge is 2.23. The van der Waals surface area contributed by atoms with Crippen LogP contribution in [0.15, 0.2) is 9.41 Å². The van der Waals surface area contributed by atoms with Gasteiger partial charge in [-0.1, -0.05) is 26.2 Å². The third kappa shape index (κ3) is 7.42. The lowest BCUT2D eigenvalue weighted by molar-refractivity contribution is 0.164. The molecule has 1 aliphatic carbocycles. The number of aryl methyl sites for hydroxylation is 2. The minimum atomic E-state index is 0. The van der Waals surface area contributed by atoms with E-state index in [2.05, 4.69) is 32.4 Å². The van der Waals surface area contributed by atoms with Crippen LogP contribution in [0.2, 0.25) is 0 Å². The number of rotatable bonds is 6. The molecule has 166 valence electrons. The fraction of sp³-hybridized carbons (Fsp3) is 0.818. The SMILES string of the molecule is CCC1CCCC(NC(=NC)NCC2CCN(Cc3nc(C)c(C)o3)CC2)C1.I. The third-order valence-electron chi connectivity index (χ3n) is 6.62. The topological polar surface area (TPSA) is 65.7 Å². The smallest absolute Gasteiger partial charge is 0.208 e. The second-order valence-electron chi connectivity index (χ2n) is 8.70. The molecule has 2 N–H and O–H groups in total. The van der Waals surface area contributed by atoms with E-state index < -0.39 is 0 Å². The molecule has 2 heterocycles. The Labute approximate surface area is 193 Å². The zero-order valence-corrected chi connectivity index (χ0v) is 21.0. The molecule has 7 heteroatoms. The molecule has 3 rings (SSSR count). The summed E-state index contributed by atoms with van der Waals surface area (Å²) < 4.78 is 5.74. The molecule has 1 aromatic heterocycles. The molecular weight excluding hydrogens is 477 g/mol. The quantitative estimate of drug-likeness (QED) is 0.336. The Morgan fingerprint density at radius 3 is 2.55 bits per heavy atom. The first-order chi connectivity index (χ1) is 13.6. The van der Waals surface area contributed by atoms with Gasteiger partial charge in [-0.05, 0) is 64.5 Å². The Balaban J connectivity index is 0.00000300. The summed E-state index contributed by atoms with van der Waals surface area (Å²) in [6.45, 7) is 10.4. The van der Waals surface area contributed by atoms with E-state index in [4.69, 9.17) is 4.42 Å². The number of aliphatic imine (C=N–C) groups is 1. The van der Waals surface area contributed by atoms with Gasteiger partial charge in [0.25, 0.3) is 0 Å². The van der Waals surface area contributed by atoms with Crippen molar-refractivity contribution in [3.05, 3.63) is 17.3 Å². The van der Waals surface area contributed by atoms with Gasteiger partial charge in [-0.15, -0.1) is 24.0 Å². The van der Waals surface area contributed by atoms with E-state index in [0.29, 0.717) is 12.0 Å². The maximum atomic E-state index is 5.74. The van der Waals surface area contributed by atoms with Gasteiger partial charge in [0, 0.05) is 19.6 Å². The van der Waals surface area contributed by atoms with Crippen molar-refractivity contribution in [2.24, 2.45) is 16.8 Å². The van der Waals surface area contributed by atoms with Crippen molar-refractivity contribution in [1.29, 1.82) is 0 Å². The molecule has 2 atom stereocenters. The zero-order chi connectivity index (χ0) is 19.9. The van der Waals surface area contributed by atoms with Crippen molar-refractivity contribution in [2.45, 2.75) is 78.3 Å². The maximum Gasteiger partial charge on any atom is 0.208 e. The highest BCUT2D eigenvalue weighted by Crippen LogP contribution is 2.26. The lowest BCUT2D eigenvalue weighted by Crippen LogP contribution is -2.47. The molecule has 2 unspecified atom stereocenters. The second kappa shape index (κ2) is 12.1. The number of aromatic nitrogens is 1. The maximum absolute atomic E-state index is 5.74. The van der Waals surface area contributed by atoms with Crippen molar-refractivity contribution < 1.29 is 4.42 Å². The van der Waals surface area contributed by atoms with Crippen LogP contribution in [0.4, 0.5) is 0 Å². The average Bonchev–Trinajstić information content (AvgIpc) is 3.03. The van der Waals surface area contributed by atoms with Crippen LogP contribution in [-0.4, -0.2) is 48.6 Å². The van der Waals surface area contributed by atoms with Crippen molar-refractivity contribution in [2.75, 3.05) is 26.7 Å². The Hall–Kier alpha value is -0.830. The summed E-state index contributed by atoms with van der Waals surface area (Å²) >= 11 is 0. The number of nitrogens with one attached hydrogen (secondary N) is 2. The predicted molar refractivity (Wildman–Crippen MR) is 130 cm³/mol. The fourth-order valence-corrected chi connectivity index (χ4v) is 4.57. The van der Waals surface area contributed by atoms with E-state index in [1.54, 1.807) is 0 Å². The summed E-state index contributed by atoms with van der Waals surface area (Å²) in [6, 6.07) is 0.583. The van der Waals surface area contributed by atoms with Crippen molar-refractivity contribution in [1.82, 2.24) is 20.5 Å². The molecular formula is C22H40IN5O. The van der Waals surface area contributed by atoms with Gasteiger partial charge in [-0.25, -0.2) is 4.98 Å². The highest BCUT2D eigenvalue weighted by atomic mass is 127. The third-order valence-corrected chi connectivity index (χ3v) is 6.62. The summed E-state index contributed by atoms with van der Waals surface area (Å²) in [4.78, 5) is 11.4. The van der Waals surface area contributed by atoms with E-state index in [1.807, 2.05) is 20.9 Å². The molecule has 0 bridgehead atoms. The Kier molecular flexibility index (Phi) is 10.2. The van der Waals surface area contributed by atoms with E-state index in [0.717, 1.165) is 55.4 Å². The number of oxazole rings is 1. The lowest BCUT2D eigenvalue weighted by atomic mass is 9.84. The summed E-state index contributed by atoms with van der Waals surface area (Å²) in [5.74, 6) is 4.36. The average molecular weight is 518 g/mol. The molecule has 1 saturated heterocycles. The van der Waals surface area contributed by atoms with Crippen LogP contribution in [-0.2, 0) is 6.54 Å². The van der Waals surface area contributed by atoms with E-state index in [1.165, 1.54) is 44.9 Å². The normalized spacial score (nSPS) is 24.2. The van der Waals surface area contributed by atoms with Gasteiger partial charge in [0.05, 0.1) is 12.2 Å². The van der Waals surface area contributed by atoms with Crippen LogP contribution < -0.4 is 10.6 Å². The van der Waals surface area contributed by atoms with Gasteiger partial charge < -0.3 is 15.1 Å². The summed E-state index contributed by atoms with van der Waals surface area (Å²) in [5.41, 5.74) is 1.01. The molecule has 2 fully saturated rings. The van der Waals surface area contributed by atoms with Gasteiger partial charge in [0.1, 0.15) is 5.76 Å². The molecule has 2 aliphatic rings. The van der Waals surface area contributed by atoms with Crippen LogP contribution in [0, 0.1) is 25.7 Å². The van der Waals surface area contributed by atoms with E-state index in [9.17, 15) is 0 Å². The molecule has 0 aromatic carbocycles. The fourth-order valence-electron chi connectivity index (χ4n) is 4.57. The molecule has 0 amide bonds. The minimum Gasteiger partial charge on any atom is -0.444 e. The van der Waals surface area contributed by atoms with Crippen LogP contribution >= 0.6 is 24.0 Å². The van der Waals surface area contributed by atoms with Gasteiger partial charge in [-0.3, -0.25) is 9.89 Å².